The van der Waals surface area contributed by atoms with Crippen molar-refractivity contribution in [2.24, 2.45) is 17.8 Å². The van der Waals surface area contributed by atoms with Crippen LogP contribution in [-0.4, -0.2) is 36.6 Å². The first-order valence-electron chi connectivity index (χ1n) is 9.39. The maximum atomic E-state index is 3.91. The number of hydrogen-bond donors (Lipinski definition) is 1. The van der Waals surface area contributed by atoms with E-state index in [1.165, 1.54) is 83.8 Å². The van der Waals surface area contributed by atoms with E-state index in [1.807, 2.05) is 0 Å². The smallest absolute Gasteiger partial charge is 0.0223 e. The van der Waals surface area contributed by atoms with E-state index in [1.54, 1.807) is 0 Å². The molecule has 20 heavy (non-hydrogen) atoms. The van der Waals surface area contributed by atoms with Crippen LogP contribution in [0.3, 0.4) is 0 Å². The monoisotopic (exact) mass is 276 g/mol. The van der Waals surface area contributed by atoms with Crippen LogP contribution in [0.15, 0.2) is 0 Å². The average molecular weight is 276 g/mol. The van der Waals surface area contributed by atoms with Gasteiger partial charge in [0, 0.05) is 18.6 Å². The van der Waals surface area contributed by atoms with Crippen LogP contribution in [0, 0.1) is 17.8 Å². The highest BCUT2D eigenvalue weighted by atomic mass is 15.2. The van der Waals surface area contributed by atoms with Gasteiger partial charge in [0.25, 0.3) is 0 Å². The molecule has 3 saturated carbocycles. The van der Waals surface area contributed by atoms with Gasteiger partial charge in [0.05, 0.1) is 0 Å². The van der Waals surface area contributed by atoms with Crippen molar-refractivity contribution in [3.05, 3.63) is 0 Å². The number of hydrogen-bond acceptors (Lipinski definition) is 2. The second kappa shape index (κ2) is 5.96. The van der Waals surface area contributed by atoms with E-state index in [2.05, 4.69) is 10.2 Å². The van der Waals surface area contributed by atoms with Crippen molar-refractivity contribution in [1.29, 1.82) is 0 Å². The minimum Gasteiger partial charge on any atom is -0.312 e. The highest BCUT2D eigenvalue weighted by molar-refractivity contribution is 4.99. The zero-order chi connectivity index (χ0) is 13.4. The minimum atomic E-state index is 0.804. The van der Waals surface area contributed by atoms with Gasteiger partial charge in [0.2, 0.25) is 0 Å². The van der Waals surface area contributed by atoms with Gasteiger partial charge in [0.1, 0.15) is 0 Å². The summed E-state index contributed by atoms with van der Waals surface area (Å²) in [5.74, 6) is 3.13. The summed E-state index contributed by atoms with van der Waals surface area (Å²) < 4.78 is 0. The van der Waals surface area contributed by atoms with Gasteiger partial charge in [-0.25, -0.2) is 0 Å². The molecule has 2 nitrogen and oxygen atoms in total. The Morgan fingerprint density at radius 2 is 1.50 bits per heavy atom. The Bertz CT molecular complexity index is 303. The molecule has 4 rings (SSSR count). The van der Waals surface area contributed by atoms with E-state index in [-0.39, 0.29) is 0 Å². The lowest BCUT2D eigenvalue weighted by molar-refractivity contribution is 0.133. The van der Waals surface area contributed by atoms with Crippen LogP contribution >= 0.6 is 0 Å². The van der Waals surface area contributed by atoms with Crippen molar-refractivity contribution >= 4 is 0 Å². The highest BCUT2D eigenvalue weighted by Gasteiger charge is 2.45. The molecule has 0 amide bonds. The fourth-order valence-electron chi connectivity index (χ4n) is 4.96. The van der Waals surface area contributed by atoms with E-state index < -0.39 is 0 Å². The fraction of sp³-hybridized carbons (Fsp3) is 1.00. The second-order valence-corrected chi connectivity index (χ2v) is 7.97. The van der Waals surface area contributed by atoms with Crippen molar-refractivity contribution in [1.82, 2.24) is 10.2 Å². The molecular formula is C18H32N2. The predicted octanol–water partition coefficient (Wildman–Crippen LogP) is 3.42. The third-order valence-electron chi connectivity index (χ3n) is 6.31. The normalized spacial score (nSPS) is 34.4. The zero-order valence-electron chi connectivity index (χ0n) is 13.0. The van der Waals surface area contributed by atoms with Gasteiger partial charge in [-0.1, -0.05) is 19.3 Å². The predicted molar refractivity (Wildman–Crippen MR) is 83.8 cm³/mol. The molecule has 0 bridgehead atoms. The molecule has 1 atom stereocenters. The van der Waals surface area contributed by atoms with Gasteiger partial charge in [-0.15, -0.1) is 0 Å². The zero-order valence-corrected chi connectivity index (χ0v) is 13.0. The number of nitrogens with one attached hydrogen (secondary N) is 1. The van der Waals surface area contributed by atoms with Crippen molar-refractivity contribution in [2.75, 3.05) is 19.6 Å². The largest absolute Gasteiger partial charge is 0.312 e. The van der Waals surface area contributed by atoms with Crippen molar-refractivity contribution in [3.8, 4) is 0 Å². The van der Waals surface area contributed by atoms with Crippen molar-refractivity contribution in [3.63, 3.8) is 0 Å². The summed E-state index contributed by atoms with van der Waals surface area (Å²) in [5, 5.41) is 3.91. The van der Waals surface area contributed by atoms with Gasteiger partial charge >= 0.3 is 0 Å². The Labute approximate surface area is 124 Å². The van der Waals surface area contributed by atoms with Crippen molar-refractivity contribution in [2.45, 2.75) is 76.3 Å². The number of rotatable bonds is 4. The Morgan fingerprint density at radius 1 is 0.800 bits per heavy atom. The van der Waals surface area contributed by atoms with E-state index >= 15 is 0 Å². The third kappa shape index (κ3) is 3.06. The lowest BCUT2D eigenvalue weighted by Crippen LogP contribution is -2.48. The van der Waals surface area contributed by atoms with Crippen LogP contribution in [0.4, 0.5) is 0 Å². The molecule has 3 aliphatic carbocycles. The molecular weight excluding hydrogens is 244 g/mol. The van der Waals surface area contributed by atoms with Crippen molar-refractivity contribution < 1.29 is 0 Å². The summed E-state index contributed by atoms with van der Waals surface area (Å²) in [6, 6.07) is 1.78. The summed E-state index contributed by atoms with van der Waals surface area (Å²) in [6.45, 7) is 4.00. The van der Waals surface area contributed by atoms with E-state index in [4.69, 9.17) is 0 Å². The molecule has 0 spiro atoms. The Balaban J connectivity index is 1.42. The molecule has 0 radical (unpaired) electrons. The van der Waals surface area contributed by atoms with Gasteiger partial charge in [-0.05, 0) is 75.8 Å². The standard InChI is InChI=1S/C18H32N2/c1-2-5-14(6-3-1)17-13-20(12-4-11-19-17)18(15-7-8-15)16-9-10-16/h14-19H,1-13H2. The summed E-state index contributed by atoms with van der Waals surface area (Å²) in [6.07, 6.45) is 14.9. The SMILES string of the molecule is C1CCC(C2CN(C(C3CC3)C3CC3)CCCN2)CC1. The molecule has 0 aromatic rings. The van der Waals surface area contributed by atoms with Crippen LogP contribution < -0.4 is 5.32 Å². The molecule has 1 N–H and O–H groups in total. The fourth-order valence-corrected chi connectivity index (χ4v) is 4.96. The molecule has 2 heteroatoms. The van der Waals surface area contributed by atoms with Crippen LogP contribution in [0.5, 0.6) is 0 Å². The van der Waals surface area contributed by atoms with E-state index in [0.29, 0.717) is 0 Å². The first-order valence-corrected chi connectivity index (χ1v) is 9.39. The lowest BCUT2D eigenvalue weighted by atomic mass is 9.83. The van der Waals surface area contributed by atoms with Crippen LogP contribution in [0.1, 0.15) is 64.2 Å². The third-order valence-corrected chi connectivity index (χ3v) is 6.31. The molecule has 1 saturated heterocycles. The molecule has 1 heterocycles. The first-order chi connectivity index (χ1) is 9.92. The minimum absolute atomic E-state index is 0.804. The lowest BCUT2D eigenvalue weighted by Gasteiger charge is -2.37. The summed E-state index contributed by atoms with van der Waals surface area (Å²) in [7, 11) is 0. The molecule has 114 valence electrons. The molecule has 0 aromatic heterocycles. The molecule has 4 aliphatic rings. The molecule has 4 fully saturated rings. The molecule has 1 unspecified atom stereocenters. The van der Waals surface area contributed by atoms with Crippen LogP contribution in [0.25, 0.3) is 0 Å². The van der Waals surface area contributed by atoms with Gasteiger partial charge in [0.15, 0.2) is 0 Å². The van der Waals surface area contributed by atoms with Crippen LogP contribution in [0.2, 0.25) is 0 Å². The van der Waals surface area contributed by atoms with Crippen LogP contribution in [-0.2, 0) is 0 Å². The van der Waals surface area contributed by atoms with Gasteiger partial charge in [-0.3, -0.25) is 4.90 Å². The second-order valence-electron chi connectivity index (χ2n) is 7.97. The summed E-state index contributed by atoms with van der Waals surface area (Å²) >= 11 is 0. The van der Waals surface area contributed by atoms with Gasteiger partial charge < -0.3 is 5.32 Å². The molecule has 1 aliphatic heterocycles. The molecule has 0 aromatic carbocycles. The number of nitrogens with zero attached hydrogens (tertiary/aromatic N) is 1. The Kier molecular flexibility index (Phi) is 4.05. The Morgan fingerprint density at radius 3 is 2.15 bits per heavy atom. The Hall–Kier alpha value is -0.0800. The van der Waals surface area contributed by atoms with Gasteiger partial charge in [-0.2, -0.15) is 0 Å². The first kappa shape index (κ1) is 13.6. The topological polar surface area (TPSA) is 15.3 Å². The maximum absolute atomic E-state index is 3.91. The average Bonchev–Trinajstić information content (AvgIpc) is 3.36. The van der Waals surface area contributed by atoms with E-state index in [0.717, 1.165) is 29.8 Å². The summed E-state index contributed by atoms with van der Waals surface area (Å²) in [5.41, 5.74) is 0. The van der Waals surface area contributed by atoms with E-state index in [9.17, 15) is 0 Å². The summed E-state index contributed by atoms with van der Waals surface area (Å²) in [4.78, 5) is 2.94. The maximum Gasteiger partial charge on any atom is 0.0223 e. The quantitative estimate of drug-likeness (QED) is 0.846. The highest BCUT2D eigenvalue weighted by Crippen LogP contribution is 2.47.